The van der Waals surface area contributed by atoms with Crippen molar-refractivity contribution in [2.75, 3.05) is 5.32 Å². The van der Waals surface area contributed by atoms with Crippen LogP contribution in [-0.4, -0.2) is 5.91 Å². The molecular weight excluding hydrogens is 270 g/mol. The Morgan fingerprint density at radius 3 is 2.60 bits per heavy atom. The van der Waals surface area contributed by atoms with Gasteiger partial charge in [-0.25, -0.2) is 0 Å². The van der Waals surface area contributed by atoms with E-state index in [0.29, 0.717) is 11.4 Å². The van der Waals surface area contributed by atoms with E-state index < -0.39 is 0 Å². The van der Waals surface area contributed by atoms with Crippen molar-refractivity contribution >= 4 is 35.3 Å². The lowest BCUT2D eigenvalue weighted by molar-refractivity contribution is -0.116. The average molecular weight is 284 g/mol. The Morgan fingerprint density at radius 2 is 1.80 bits per heavy atom. The number of benzene rings is 2. The summed E-state index contributed by atoms with van der Waals surface area (Å²) in [7, 11) is 0. The second-order valence-electron chi connectivity index (χ2n) is 4.78. The fraction of sp³-hybridized carbons (Fsp3) is 0.118. The summed E-state index contributed by atoms with van der Waals surface area (Å²) < 4.78 is 0. The highest BCUT2D eigenvalue weighted by atomic mass is 35.5. The van der Waals surface area contributed by atoms with Crippen molar-refractivity contribution in [3.63, 3.8) is 0 Å². The summed E-state index contributed by atoms with van der Waals surface area (Å²) in [5.41, 5.74) is 4.11. The van der Waals surface area contributed by atoms with Crippen molar-refractivity contribution in [3.8, 4) is 0 Å². The zero-order chi connectivity index (χ0) is 13.9. The van der Waals surface area contributed by atoms with Crippen LogP contribution in [0.5, 0.6) is 0 Å². The van der Waals surface area contributed by atoms with E-state index in [0.717, 1.165) is 28.8 Å². The van der Waals surface area contributed by atoms with Gasteiger partial charge < -0.3 is 5.32 Å². The van der Waals surface area contributed by atoms with Gasteiger partial charge >= 0.3 is 0 Å². The first-order valence-corrected chi connectivity index (χ1v) is 6.96. The summed E-state index contributed by atoms with van der Waals surface area (Å²) in [5.74, 6) is 0.0674. The van der Waals surface area contributed by atoms with Gasteiger partial charge in [0.2, 0.25) is 5.91 Å². The van der Waals surface area contributed by atoms with Crippen molar-refractivity contribution < 1.29 is 4.79 Å². The number of fused-ring (bicyclic) bond motifs is 1. The summed E-state index contributed by atoms with van der Waals surface area (Å²) in [6, 6.07) is 13.8. The Bertz CT molecular complexity index is 677. The number of hydrogen-bond donors (Lipinski definition) is 1. The first-order valence-electron chi connectivity index (χ1n) is 6.58. The molecule has 100 valence electrons. The maximum absolute atomic E-state index is 11.4. The highest BCUT2D eigenvalue weighted by Gasteiger charge is 2.18. The van der Waals surface area contributed by atoms with Crippen molar-refractivity contribution in [1.82, 2.24) is 0 Å². The molecule has 2 aromatic carbocycles. The predicted molar refractivity (Wildman–Crippen MR) is 83.8 cm³/mol. The molecule has 20 heavy (non-hydrogen) atoms. The van der Waals surface area contributed by atoms with E-state index in [-0.39, 0.29) is 5.91 Å². The fourth-order valence-corrected chi connectivity index (χ4v) is 2.64. The molecule has 0 spiro atoms. The highest BCUT2D eigenvalue weighted by Crippen LogP contribution is 2.32. The lowest BCUT2D eigenvalue weighted by Crippen LogP contribution is -2.19. The molecule has 1 aliphatic rings. The topological polar surface area (TPSA) is 29.1 Å². The number of halogens is 1. The number of anilines is 1. The first-order chi connectivity index (χ1) is 9.74. The monoisotopic (exact) mass is 283 g/mol. The van der Waals surface area contributed by atoms with Crippen LogP contribution in [0.3, 0.4) is 0 Å². The van der Waals surface area contributed by atoms with E-state index in [1.807, 2.05) is 54.6 Å². The molecule has 3 rings (SSSR count). The van der Waals surface area contributed by atoms with Gasteiger partial charge in [-0.1, -0.05) is 54.1 Å². The van der Waals surface area contributed by atoms with Gasteiger partial charge in [-0.2, -0.15) is 0 Å². The largest absolute Gasteiger partial charge is 0.326 e. The Morgan fingerprint density at radius 1 is 1.00 bits per heavy atom. The summed E-state index contributed by atoms with van der Waals surface area (Å²) >= 11 is 6.30. The number of nitrogens with one attached hydrogen (secondary N) is 1. The van der Waals surface area contributed by atoms with Crippen LogP contribution in [0.1, 0.15) is 23.1 Å². The van der Waals surface area contributed by atoms with Crippen molar-refractivity contribution in [1.29, 1.82) is 0 Å². The van der Waals surface area contributed by atoms with Crippen LogP contribution in [0, 0.1) is 0 Å². The summed E-state index contributed by atoms with van der Waals surface area (Å²) in [6.07, 6.45) is 5.31. The van der Waals surface area contributed by atoms with Crippen LogP contribution in [0.25, 0.3) is 12.2 Å². The third-order valence-electron chi connectivity index (χ3n) is 3.42. The van der Waals surface area contributed by atoms with E-state index in [9.17, 15) is 4.79 Å². The predicted octanol–water partition coefficient (Wildman–Crippen LogP) is 4.40. The molecule has 0 aromatic heterocycles. The first kappa shape index (κ1) is 12.9. The van der Waals surface area contributed by atoms with Crippen molar-refractivity contribution in [2.45, 2.75) is 12.8 Å². The van der Waals surface area contributed by atoms with E-state index in [1.54, 1.807) is 0 Å². The molecule has 0 saturated carbocycles. The van der Waals surface area contributed by atoms with Crippen LogP contribution in [0.15, 0.2) is 42.5 Å². The number of carbonyl (C=O) groups is 1. The molecule has 2 nitrogen and oxygen atoms in total. The van der Waals surface area contributed by atoms with Gasteiger partial charge in [-0.3, -0.25) is 4.79 Å². The Kier molecular flexibility index (Phi) is 3.57. The molecule has 2 aromatic rings. The Labute approximate surface area is 123 Å². The van der Waals surface area contributed by atoms with Gasteiger partial charge in [0.25, 0.3) is 0 Å². The van der Waals surface area contributed by atoms with Crippen LogP contribution in [-0.2, 0) is 11.2 Å². The van der Waals surface area contributed by atoms with Crippen LogP contribution in [0.4, 0.5) is 5.69 Å². The third kappa shape index (κ3) is 2.61. The maximum Gasteiger partial charge on any atom is 0.224 e. The third-order valence-corrected chi connectivity index (χ3v) is 3.75. The molecular formula is C17H14ClNO. The Hall–Kier alpha value is -2.06. The van der Waals surface area contributed by atoms with Crippen LogP contribution < -0.4 is 5.32 Å². The molecule has 0 fully saturated rings. The van der Waals surface area contributed by atoms with Gasteiger partial charge in [0.15, 0.2) is 0 Å². The molecule has 0 unspecified atom stereocenters. The van der Waals surface area contributed by atoms with Gasteiger partial charge in [-0.05, 0) is 35.2 Å². The van der Waals surface area contributed by atoms with Crippen LogP contribution >= 0.6 is 11.6 Å². The van der Waals surface area contributed by atoms with Gasteiger partial charge in [-0.15, -0.1) is 0 Å². The normalized spacial score (nSPS) is 14.2. The zero-order valence-electron chi connectivity index (χ0n) is 10.9. The molecule has 0 saturated heterocycles. The van der Waals surface area contributed by atoms with E-state index in [4.69, 9.17) is 11.6 Å². The molecule has 0 radical (unpaired) electrons. The summed E-state index contributed by atoms with van der Waals surface area (Å²) in [4.78, 5) is 11.4. The standard InChI is InChI=1S/C17H14ClNO/c18-15-9-10-16-14(8-11-17(20)19-16)13(15)7-6-12-4-2-1-3-5-12/h1-7,9-10H,8,11H2,(H,19,20)/b7-6+. The molecule has 1 N–H and O–H groups in total. The number of carbonyl (C=O) groups excluding carboxylic acids is 1. The van der Waals surface area contributed by atoms with Gasteiger partial charge in [0, 0.05) is 17.1 Å². The second-order valence-corrected chi connectivity index (χ2v) is 5.19. The van der Waals surface area contributed by atoms with Gasteiger partial charge in [0.1, 0.15) is 0 Å². The smallest absolute Gasteiger partial charge is 0.224 e. The lowest BCUT2D eigenvalue weighted by atomic mass is 9.96. The second kappa shape index (κ2) is 5.51. The van der Waals surface area contributed by atoms with E-state index >= 15 is 0 Å². The summed E-state index contributed by atoms with van der Waals surface area (Å²) in [6.45, 7) is 0. The van der Waals surface area contributed by atoms with E-state index in [2.05, 4.69) is 5.32 Å². The number of rotatable bonds is 2. The molecule has 3 heteroatoms. The molecule has 0 bridgehead atoms. The SMILES string of the molecule is O=C1CCc2c(ccc(Cl)c2/C=C/c2ccccc2)N1. The van der Waals surface area contributed by atoms with Crippen molar-refractivity contribution in [2.24, 2.45) is 0 Å². The Balaban J connectivity index is 1.99. The highest BCUT2D eigenvalue weighted by molar-refractivity contribution is 6.32. The molecule has 1 aliphatic heterocycles. The molecule has 0 atom stereocenters. The number of amides is 1. The minimum absolute atomic E-state index is 0.0674. The zero-order valence-corrected chi connectivity index (χ0v) is 11.7. The van der Waals surface area contributed by atoms with Crippen molar-refractivity contribution in [3.05, 3.63) is 64.2 Å². The maximum atomic E-state index is 11.4. The van der Waals surface area contributed by atoms with Crippen LogP contribution in [0.2, 0.25) is 5.02 Å². The lowest BCUT2D eigenvalue weighted by Gasteiger charge is -2.19. The minimum Gasteiger partial charge on any atom is -0.326 e. The molecule has 1 heterocycles. The van der Waals surface area contributed by atoms with Gasteiger partial charge in [0.05, 0.1) is 0 Å². The molecule has 0 aliphatic carbocycles. The molecule has 1 amide bonds. The number of hydrogen-bond acceptors (Lipinski definition) is 1. The van der Waals surface area contributed by atoms with E-state index in [1.165, 1.54) is 0 Å². The average Bonchev–Trinajstić information content (AvgIpc) is 2.47. The fourth-order valence-electron chi connectivity index (χ4n) is 2.40. The quantitative estimate of drug-likeness (QED) is 0.814. The summed E-state index contributed by atoms with van der Waals surface area (Å²) in [5, 5.41) is 3.61. The minimum atomic E-state index is 0.0674.